The van der Waals surface area contributed by atoms with E-state index in [1.807, 2.05) is 13.0 Å². The lowest BCUT2D eigenvalue weighted by Gasteiger charge is -2.24. The largest absolute Gasteiger partial charge is 0.382 e. The van der Waals surface area contributed by atoms with Crippen molar-refractivity contribution in [3.05, 3.63) is 12.2 Å². The number of carbonyl (C=O) groups is 3. The average molecular weight is 409 g/mol. The fourth-order valence-electron chi connectivity index (χ4n) is 4.14. The van der Waals surface area contributed by atoms with Crippen LogP contribution in [-0.2, 0) is 19.1 Å². The van der Waals surface area contributed by atoms with Gasteiger partial charge >= 0.3 is 0 Å². The molecule has 1 rings (SSSR count). The smallest absolute Gasteiger partial charge is 0.161 e. The van der Waals surface area contributed by atoms with E-state index < -0.39 is 5.60 Å². The fourth-order valence-corrected chi connectivity index (χ4v) is 4.14. The van der Waals surface area contributed by atoms with Gasteiger partial charge in [-0.25, -0.2) is 0 Å². The molecule has 1 N–H and O–H groups in total. The first-order valence-electron chi connectivity index (χ1n) is 11.3. The lowest BCUT2D eigenvalue weighted by atomic mass is 9.86. The maximum absolute atomic E-state index is 12.3. The fraction of sp³-hybridized carbons (Fsp3) is 0.792. The van der Waals surface area contributed by atoms with Crippen molar-refractivity contribution < 1.29 is 24.2 Å². The van der Waals surface area contributed by atoms with E-state index in [1.54, 1.807) is 0 Å². The van der Waals surface area contributed by atoms with Gasteiger partial charge in [0.1, 0.15) is 18.0 Å². The zero-order valence-electron chi connectivity index (χ0n) is 18.6. The van der Waals surface area contributed by atoms with E-state index in [1.165, 1.54) is 14.0 Å². The van der Waals surface area contributed by atoms with Crippen molar-refractivity contribution >= 4 is 17.3 Å². The first-order chi connectivity index (χ1) is 13.8. The summed E-state index contributed by atoms with van der Waals surface area (Å²) in [6, 6.07) is 0. The molecule has 0 aromatic carbocycles. The highest BCUT2D eigenvalue weighted by molar-refractivity contribution is 5.85. The minimum Gasteiger partial charge on any atom is -0.382 e. The van der Waals surface area contributed by atoms with Gasteiger partial charge in [-0.1, -0.05) is 51.2 Å². The molecule has 0 saturated heterocycles. The molecule has 1 fully saturated rings. The van der Waals surface area contributed by atoms with E-state index in [0.717, 1.165) is 51.4 Å². The molecule has 0 amide bonds. The van der Waals surface area contributed by atoms with E-state index in [0.29, 0.717) is 31.5 Å². The second-order valence-electron chi connectivity index (χ2n) is 8.52. The number of unbranched alkanes of at least 4 members (excludes halogenated alkanes) is 4. The maximum atomic E-state index is 12.3. The molecule has 0 heterocycles. The first-order valence-corrected chi connectivity index (χ1v) is 11.3. The molecular weight excluding hydrogens is 368 g/mol. The van der Waals surface area contributed by atoms with Gasteiger partial charge in [0.15, 0.2) is 11.6 Å². The van der Waals surface area contributed by atoms with Gasteiger partial charge in [-0.2, -0.15) is 0 Å². The molecular formula is C24H40O5. The minimum absolute atomic E-state index is 0.0578. The Hall–Kier alpha value is -1.33. The van der Waals surface area contributed by atoms with E-state index in [2.05, 4.69) is 6.08 Å². The molecule has 1 unspecified atom stereocenters. The van der Waals surface area contributed by atoms with Gasteiger partial charge < -0.3 is 9.84 Å². The van der Waals surface area contributed by atoms with Crippen molar-refractivity contribution in [3.8, 4) is 0 Å². The molecule has 1 saturated carbocycles. The van der Waals surface area contributed by atoms with Gasteiger partial charge in [-0.15, -0.1) is 0 Å². The summed E-state index contributed by atoms with van der Waals surface area (Å²) >= 11 is 0. The van der Waals surface area contributed by atoms with Crippen LogP contribution in [0.5, 0.6) is 0 Å². The van der Waals surface area contributed by atoms with Crippen LogP contribution in [0.2, 0.25) is 0 Å². The Bertz CT molecular complexity index is 553. The summed E-state index contributed by atoms with van der Waals surface area (Å²) in [5.41, 5.74) is -1.27. The standard InChI is InChI=1S/C24H40O5/c1-4-5-16-24(28,19(2)25)17-10-11-20-14-15-23(27)22(20)13-9-7-6-8-12-21(26)18-29-3/h10-11,20,22,28H,4-9,12-18H2,1-3H3/t20-,22+,24?/m0/s1. The highest BCUT2D eigenvalue weighted by Crippen LogP contribution is 2.34. The Balaban J connectivity index is 2.41. The number of ether oxygens (including phenoxy) is 1. The van der Waals surface area contributed by atoms with Crippen LogP contribution in [0.1, 0.15) is 90.9 Å². The number of ketones is 3. The molecule has 0 bridgehead atoms. The molecule has 1 aliphatic rings. The third kappa shape index (κ3) is 9.35. The average Bonchev–Trinajstić information content (AvgIpc) is 3.02. The second-order valence-corrected chi connectivity index (χ2v) is 8.52. The molecule has 5 nitrogen and oxygen atoms in total. The highest BCUT2D eigenvalue weighted by atomic mass is 16.5. The predicted octanol–water partition coefficient (Wildman–Crippen LogP) is 4.59. The van der Waals surface area contributed by atoms with Crippen molar-refractivity contribution in [3.63, 3.8) is 0 Å². The molecule has 5 heteroatoms. The van der Waals surface area contributed by atoms with Crippen LogP contribution in [0, 0.1) is 11.8 Å². The molecule has 0 aromatic rings. The number of Topliss-reactive ketones (excluding diaryl/α,β-unsaturated/α-hetero) is 3. The van der Waals surface area contributed by atoms with Gasteiger partial charge in [0.2, 0.25) is 0 Å². The minimum atomic E-state index is -1.27. The SMILES string of the molecule is CCCCC(O)(CC=C[C@H]1CCC(=O)[C@@H]1CCCCCCC(=O)COC)C(C)=O. The Morgan fingerprint density at radius 1 is 1.21 bits per heavy atom. The number of methoxy groups -OCH3 is 1. The normalized spacial score (nSPS) is 21.6. The van der Waals surface area contributed by atoms with Gasteiger partial charge in [0, 0.05) is 32.3 Å². The second kappa shape index (κ2) is 13.8. The molecule has 0 spiro atoms. The van der Waals surface area contributed by atoms with Crippen LogP contribution in [0.4, 0.5) is 0 Å². The molecule has 29 heavy (non-hydrogen) atoms. The molecule has 166 valence electrons. The lowest BCUT2D eigenvalue weighted by molar-refractivity contribution is -0.135. The molecule has 0 aromatic heterocycles. The monoisotopic (exact) mass is 408 g/mol. The number of allylic oxidation sites excluding steroid dienone is 1. The van der Waals surface area contributed by atoms with Crippen LogP contribution in [-0.4, -0.2) is 41.8 Å². The topological polar surface area (TPSA) is 80.7 Å². The molecule has 1 aliphatic carbocycles. The zero-order chi connectivity index (χ0) is 21.7. The maximum Gasteiger partial charge on any atom is 0.161 e. The molecule has 0 radical (unpaired) electrons. The van der Waals surface area contributed by atoms with Crippen molar-refractivity contribution in [1.82, 2.24) is 0 Å². The summed E-state index contributed by atoms with van der Waals surface area (Å²) in [6.45, 7) is 3.69. The van der Waals surface area contributed by atoms with Crippen LogP contribution in [0.25, 0.3) is 0 Å². The highest BCUT2D eigenvalue weighted by Gasteiger charge is 2.33. The Morgan fingerprint density at radius 3 is 2.59 bits per heavy atom. The Labute approximate surface area is 176 Å². The summed E-state index contributed by atoms with van der Waals surface area (Å²) in [5.74, 6) is 0.574. The molecule has 3 atom stereocenters. The number of rotatable bonds is 16. The van der Waals surface area contributed by atoms with E-state index in [-0.39, 0.29) is 30.0 Å². The summed E-state index contributed by atoms with van der Waals surface area (Å²) in [4.78, 5) is 35.6. The van der Waals surface area contributed by atoms with Crippen molar-refractivity contribution in [2.24, 2.45) is 11.8 Å². The first kappa shape index (κ1) is 25.7. The third-order valence-electron chi connectivity index (χ3n) is 6.12. The van der Waals surface area contributed by atoms with Gasteiger partial charge in [0.05, 0.1) is 0 Å². The number of aliphatic hydroxyl groups is 1. The third-order valence-corrected chi connectivity index (χ3v) is 6.12. The summed E-state index contributed by atoms with van der Waals surface area (Å²) in [6.07, 6.45) is 13.4. The van der Waals surface area contributed by atoms with E-state index in [4.69, 9.17) is 4.74 Å². The number of hydrogen-bond acceptors (Lipinski definition) is 5. The van der Waals surface area contributed by atoms with E-state index in [9.17, 15) is 19.5 Å². The Kier molecular flexibility index (Phi) is 12.2. The lowest BCUT2D eigenvalue weighted by Crippen LogP contribution is -2.36. The van der Waals surface area contributed by atoms with Gasteiger partial charge in [-0.3, -0.25) is 14.4 Å². The summed E-state index contributed by atoms with van der Waals surface area (Å²) in [7, 11) is 1.53. The van der Waals surface area contributed by atoms with E-state index >= 15 is 0 Å². The quantitative estimate of drug-likeness (QED) is 0.298. The zero-order valence-corrected chi connectivity index (χ0v) is 18.6. The van der Waals surface area contributed by atoms with Crippen LogP contribution >= 0.6 is 0 Å². The summed E-state index contributed by atoms with van der Waals surface area (Å²) in [5, 5.41) is 10.6. The van der Waals surface area contributed by atoms with Crippen molar-refractivity contribution in [2.45, 2.75) is 96.5 Å². The van der Waals surface area contributed by atoms with Crippen LogP contribution in [0.15, 0.2) is 12.2 Å². The van der Waals surface area contributed by atoms with Crippen molar-refractivity contribution in [1.29, 1.82) is 0 Å². The van der Waals surface area contributed by atoms with Crippen LogP contribution < -0.4 is 0 Å². The van der Waals surface area contributed by atoms with Gasteiger partial charge in [0.25, 0.3) is 0 Å². The Morgan fingerprint density at radius 2 is 1.93 bits per heavy atom. The molecule has 0 aliphatic heterocycles. The van der Waals surface area contributed by atoms with Crippen LogP contribution in [0.3, 0.4) is 0 Å². The predicted molar refractivity (Wildman–Crippen MR) is 115 cm³/mol. The summed E-state index contributed by atoms with van der Waals surface area (Å²) < 4.78 is 4.83. The van der Waals surface area contributed by atoms with Crippen molar-refractivity contribution in [2.75, 3.05) is 13.7 Å². The number of hydrogen-bond donors (Lipinski definition) is 1. The number of carbonyl (C=O) groups excluding carboxylic acids is 3. The van der Waals surface area contributed by atoms with Gasteiger partial charge in [-0.05, 0) is 38.5 Å².